The zero-order valence-corrected chi connectivity index (χ0v) is 13.5. The lowest BCUT2D eigenvalue weighted by molar-refractivity contribution is 0.147. The first kappa shape index (κ1) is 15.1. The molecule has 106 valence electrons. The highest BCUT2D eigenvalue weighted by molar-refractivity contribution is 9.09. The number of benzene rings is 1. The maximum atomic E-state index is 6.19. The van der Waals surface area contributed by atoms with Gasteiger partial charge in [0.2, 0.25) is 0 Å². The van der Waals surface area contributed by atoms with Gasteiger partial charge in [0.05, 0.1) is 13.2 Å². The van der Waals surface area contributed by atoms with Gasteiger partial charge in [-0.1, -0.05) is 27.5 Å². The lowest BCUT2D eigenvalue weighted by Gasteiger charge is -2.22. The number of fused-ring (bicyclic) bond motifs is 1. The molecule has 0 bridgehead atoms. The predicted octanol–water partition coefficient (Wildman–Crippen LogP) is 3.12. The Morgan fingerprint density at radius 3 is 3.00 bits per heavy atom. The molecule has 0 atom stereocenters. The van der Waals surface area contributed by atoms with Crippen molar-refractivity contribution in [2.24, 2.45) is 0 Å². The third kappa shape index (κ3) is 4.09. The number of ether oxygens (including phenoxy) is 2. The Hall–Kier alpha value is -0.290. The summed E-state index contributed by atoms with van der Waals surface area (Å²) in [6.07, 6.45) is 0.958. The monoisotopic (exact) mass is 347 g/mol. The first-order valence-corrected chi connectivity index (χ1v) is 7.96. The van der Waals surface area contributed by atoms with Crippen molar-refractivity contribution >= 4 is 27.5 Å². The van der Waals surface area contributed by atoms with Gasteiger partial charge < -0.3 is 9.47 Å². The van der Waals surface area contributed by atoms with Crippen LogP contribution in [0.3, 0.4) is 0 Å². The molecule has 0 N–H and O–H groups in total. The van der Waals surface area contributed by atoms with Crippen LogP contribution in [0.1, 0.15) is 11.1 Å². The average molecular weight is 349 g/mol. The second-order valence-corrected chi connectivity index (χ2v) is 5.84. The minimum Gasteiger partial charge on any atom is -0.493 e. The molecule has 1 aliphatic rings. The van der Waals surface area contributed by atoms with E-state index in [1.54, 1.807) is 7.11 Å². The lowest BCUT2D eigenvalue weighted by Crippen LogP contribution is -2.29. The molecule has 2 rings (SSSR count). The Morgan fingerprint density at radius 2 is 2.26 bits per heavy atom. The SMILES string of the molecule is COCCN(CCBr)Cc1cc(Cl)cc2c1OCC2. The third-order valence-electron chi connectivity index (χ3n) is 3.23. The molecular weight excluding hydrogens is 330 g/mol. The van der Waals surface area contributed by atoms with Crippen LogP contribution in [0.5, 0.6) is 5.75 Å². The lowest BCUT2D eigenvalue weighted by atomic mass is 10.1. The quantitative estimate of drug-likeness (QED) is 0.707. The summed E-state index contributed by atoms with van der Waals surface area (Å²) in [6.45, 7) is 4.22. The molecule has 0 spiro atoms. The normalized spacial score (nSPS) is 13.7. The van der Waals surface area contributed by atoms with Gasteiger partial charge in [-0.15, -0.1) is 0 Å². The van der Waals surface area contributed by atoms with Crippen molar-refractivity contribution in [3.63, 3.8) is 0 Å². The van der Waals surface area contributed by atoms with E-state index >= 15 is 0 Å². The molecule has 0 unspecified atom stereocenters. The van der Waals surface area contributed by atoms with Gasteiger partial charge in [0, 0.05) is 49.1 Å². The maximum absolute atomic E-state index is 6.19. The van der Waals surface area contributed by atoms with Gasteiger partial charge in [-0.2, -0.15) is 0 Å². The molecule has 1 heterocycles. The summed E-state index contributed by atoms with van der Waals surface area (Å²) in [6, 6.07) is 4.02. The van der Waals surface area contributed by atoms with E-state index in [1.165, 1.54) is 11.1 Å². The Morgan fingerprint density at radius 1 is 1.42 bits per heavy atom. The van der Waals surface area contributed by atoms with E-state index in [4.69, 9.17) is 21.1 Å². The van der Waals surface area contributed by atoms with E-state index in [0.717, 1.165) is 55.4 Å². The molecule has 0 saturated carbocycles. The number of alkyl halides is 1. The van der Waals surface area contributed by atoms with Crippen LogP contribution in [-0.4, -0.2) is 43.6 Å². The second kappa shape index (κ2) is 7.48. The number of methoxy groups -OCH3 is 1. The van der Waals surface area contributed by atoms with Crippen LogP contribution in [0.2, 0.25) is 5.02 Å². The van der Waals surface area contributed by atoms with Crippen LogP contribution >= 0.6 is 27.5 Å². The maximum Gasteiger partial charge on any atom is 0.127 e. The predicted molar refractivity (Wildman–Crippen MR) is 81.6 cm³/mol. The van der Waals surface area contributed by atoms with Crippen molar-refractivity contribution in [1.82, 2.24) is 4.90 Å². The van der Waals surface area contributed by atoms with E-state index in [-0.39, 0.29) is 0 Å². The van der Waals surface area contributed by atoms with Gasteiger partial charge in [-0.3, -0.25) is 4.90 Å². The number of rotatable bonds is 7. The molecule has 19 heavy (non-hydrogen) atoms. The molecule has 0 saturated heterocycles. The number of hydrogen-bond acceptors (Lipinski definition) is 3. The zero-order valence-electron chi connectivity index (χ0n) is 11.1. The number of nitrogens with zero attached hydrogens (tertiary/aromatic N) is 1. The highest BCUT2D eigenvalue weighted by Gasteiger charge is 2.19. The Balaban J connectivity index is 2.12. The zero-order chi connectivity index (χ0) is 13.7. The summed E-state index contributed by atoms with van der Waals surface area (Å²) < 4.78 is 10.9. The van der Waals surface area contributed by atoms with Gasteiger partial charge >= 0.3 is 0 Å². The largest absolute Gasteiger partial charge is 0.493 e. The Bertz CT molecular complexity index is 428. The van der Waals surface area contributed by atoms with Crippen LogP contribution in [0, 0.1) is 0 Å². The molecule has 0 aromatic heterocycles. The molecule has 0 fully saturated rings. The molecule has 5 heteroatoms. The van der Waals surface area contributed by atoms with E-state index in [9.17, 15) is 0 Å². The van der Waals surface area contributed by atoms with Crippen LogP contribution < -0.4 is 4.74 Å². The summed E-state index contributed by atoms with van der Waals surface area (Å²) in [5, 5.41) is 1.74. The molecule has 1 aromatic carbocycles. The number of hydrogen-bond donors (Lipinski definition) is 0. The van der Waals surface area contributed by atoms with E-state index < -0.39 is 0 Å². The second-order valence-electron chi connectivity index (χ2n) is 4.61. The van der Waals surface area contributed by atoms with E-state index in [0.29, 0.717) is 0 Å². The summed E-state index contributed by atoms with van der Waals surface area (Å²) in [4.78, 5) is 2.34. The fourth-order valence-electron chi connectivity index (χ4n) is 2.31. The highest BCUT2D eigenvalue weighted by Crippen LogP contribution is 2.33. The van der Waals surface area contributed by atoms with Crippen molar-refractivity contribution in [1.29, 1.82) is 0 Å². The van der Waals surface area contributed by atoms with Gasteiger partial charge in [0.1, 0.15) is 5.75 Å². The topological polar surface area (TPSA) is 21.7 Å². The Labute approximate surface area is 128 Å². The smallest absolute Gasteiger partial charge is 0.127 e. The van der Waals surface area contributed by atoms with Crippen molar-refractivity contribution in [2.45, 2.75) is 13.0 Å². The number of halogens is 2. The van der Waals surface area contributed by atoms with Gasteiger partial charge in [0.15, 0.2) is 0 Å². The molecule has 1 aliphatic heterocycles. The van der Waals surface area contributed by atoms with E-state index in [2.05, 4.69) is 20.8 Å². The molecular formula is C14H19BrClNO2. The van der Waals surface area contributed by atoms with Crippen LogP contribution in [0.4, 0.5) is 0 Å². The van der Waals surface area contributed by atoms with Crippen molar-refractivity contribution in [2.75, 3.05) is 38.7 Å². The fraction of sp³-hybridized carbons (Fsp3) is 0.571. The van der Waals surface area contributed by atoms with Gasteiger partial charge in [-0.05, 0) is 17.7 Å². The Kier molecular flexibility index (Phi) is 5.95. The summed E-state index contributed by atoms with van der Waals surface area (Å²) in [7, 11) is 1.73. The van der Waals surface area contributed by atoms with E-state index in [1.807, 2.05) is 12.1 Å². The van der Waals surface area contributed by atoms with Crippen molar-refractivity contribution < 1.29 is 9.47 Å². The standard InChI is InChI=1S/C14H19BrClNO2/c1-18-7-5-17(4-3-15)10-12-9-13(16)8-11-2-6-19-14(11)12/h8-9H,2-7,10H2,1H3. The highest BCUT2D eigenvalue weighted by atomic mass is 79.9. The minimum atomic E-state index is 0.733. The van der Waals surface area contributed by atoms with Crippen molar-refractivity contribution in [3.8, 4) is 5.75 Å². The first-order chi connectivity index (χ1) is 9.24. The first-order valence-electron chi connectivity index (χ1n) is 6.46. The van der Waals surface area contributed by atoms with Gasteiger partial charge in [0.25, 0.3) is 0 Å². The van der Waals surface area contributed by atoms with Crippen molar-refractivity contribution in [3.05, 3.63) is 28.3 Å². The third-order valence-corrected chi connectivity index (χ3v) is 3.80. The molecule has 0 aliphatic carbocycles. The van der Waals surface area contributed by atoms with Crippen LogP contribution in [0.15, 0.2) is 12.1 Å². The fourth-order valence-corrected chi connectivity index (χ4v) is 3.08. The molecule has 1 aromatic rings. The summed E-state index contributed by atoms with van der Waals surface area (Å²) >= 11 is 9.68. The molecule has 3 nitrogen and oxygen atoms in total. The summed E-state index contributed by atoms with van der Waals surface area (Å²) in [5.74, 6) is 1.03. The van der Waals surface area contributed by atoms with Gasteiger partial charge in [-0.25, -0.2) is 0 Å². The summed E-state index contributed by atoms with van der Waals surface area (Å²) in [5.41, 5.74) is 2.41. The van der Waals surface area contributed by atoms with Crippen LogP contribution in [-0.2, 0) is 17.7 Å². The molecule has 0 amide bonds. The minimum absolute atomic E-state index is 0.733. The molecule has 0 radical (unpaired) electrons. The van der Waals surface area contributed by atoms with Crippen LogP contribution in [0.25, 0.3) is 0 Å². The average Bonchev–Trinajstić information content (AvgIpc) is 2.84.